The van der Waals surface area contributed by atoms with Crippen LogP contribution in [0.5, 0.6) is 5.75 Å². The molecular formula is C28H41N3O6. The summed E-state index contributed by atoms with van der Waals surface area (Å²) in [5.74, 6) is -1.72. The molecule has 3 aliphatic heterocycles. The minimum absolute atomic E-state index is 0.0629. The number of aliphatic hydroxyl groups excluding tert-OH is 1. The van der Waals surface area contributed by atoms with Gasteiger partial charge in [-0.3, -0.25) is 14.4 Å². The van der Waals surface area contributed by atoms with Gasteiger partial charge in [-0.05, 0) is 70.7 Å². The molecule has 0 aromatic heterocycles. The quantitative estimate of drug-likeness (QED) is 0.417. The molecule has 3 N–H and O–H groups in total. The molecule has 1 spiro atoms. The van der Waals surface area contributed by atoms with Crippen molar-refractivity contribution in [2.45, 2.75) is 96.1 Å². The number of nitrogens with zero attached hydrogens (tertiary/aromatic N) is 1. The zero-order valence-corrected chi connectivity index (χ0v) is 22.6. The van der Waals surface area contributed by atoms with Gasteiger partial charge in [0, 0.05) is 11.7 Å². The average molecular weight is 516 g/mol. The maximum absolute atomic E-state index is 14.0. The predicted octanol–water partition coefficient (Wildman–Crippen LogP) is 2.86. The minimum Gasteiger partial charge on any atom is -0.494 e. The highest BCUT2D eigenvalue weighted by Crippen LogP contribution is 2.63. The number of benzene rings is 1. The second kappa shape index (κ2) is 10.6. The Morgan fingerprint density at radius 1 is 1.19 bits per heavy atom. The topological polar surface area (TPSA) is 117 Å². The SMILES string of the molecule is CCCC(C)NC(=O)C1N([C@@H](CC)CO)C(=O)[C@@H]2[C@@H](C(=O)Nc3ccc(OCC)cc3)[C@@]3(C)CCC12O3. The van der Waals surface area contributed by atoms with Gasteiger partial charge in [0.25, 0.3) is 0 Å². The van der Waals surface area contributed by atoms with Crippen molar-refractivity contribution in [3.8, 4) is 5.75 Å². The average Bonchev–Trinajstić information content (AvgIpc) is 3.42. The van der Waals surface area contributed by atoms with Crippen molar-refractivity contribution in [1.82, 2.24) is 10.2 Å². The van der Waals surface area contributed by atoms with Crippen molar-refractivity contribution < 1.29 is 29.0 Å². The summed E-state index contributed by atoms with van der Waals surface area (Å²) in [5, 5.41) is 16.2. The lowest BCUT2D eigenvalue weighted by molar-refractivity contribution is -0.149. The van der Waals surface area contributed by atoms with Crippen LogP contribution in [0.25, 0.3) is 0 Å². The number of nitrogens with one attached hydrogen (secondary N) is 2. The van der Waals surface area contributed by atoms with Gasteiger partial charge in [0.2, 0.25) is 17.7 Å². The molecule has 2 bridgehead atoms. The van der Waals surface area contributed by atoms with Gasteiger partial charge in [0.05, 0.1) is 36.7 Å². The third kappa shape index (κ3) is 4.61. The Morgan fingerprint density at radius 3 is 2.49 bits per heavy atom. The van der Waals surface area contributed by atoms with Crippen molar-refractivity contribution in [1.29, 1.82) is 0 Å². The van der Waals surface area contributed by atoms with Gasteiger partial charge in [-0.2, -0.15) is 0 Å². The fraction of sp³-hybridized carbons (Fsp3) is 0.679. The van der Waals surface area contributed by atoms with E-state index in [1.807, 2.05) is 27.7 Å². The first-order chi connectivity index (χ1) is 17.7. The van der Waals surface area contributed by atoms with Crippen molar-refractivity contribution in [2.24, 2.45) is 11.8 Å². The Kier molecular flexibility index (Phi) is 7.85. The fourth-order valence-electron chi connectivity index (χ4n) is 6.72. The summed E-state index contributed by atoms with van der Waals surface area (Å²) in [6, 6.07) is 5.61. The molecule has 9 nitrogen and oxygen atoms in total. The lowest BCUT2D eigenvalue weighted by Crippen LogP contribution is -2.59. The predicted molar refractivity (Wildman–Crippen MR) is 139 cm³/mol. The van der Waals surface area contributed by atoms with Gasteiger partial charge in [-0.1, -0.05) is 20.3 Å². The number of fused-ring (bicyclic) bond motifs is 1. The van der Waals surface area contributed by atoms with Crippen LogP contribution in [0.1, 0.15) is 66.7 Å². The van der Waals surface area contributed by atoms with Gasteiger partial charge in [0.1, 0.15) is 17.4 Å². The molecule has 7 atom stereocenters. The van der Waals surface area contributed by atoms with E-state index in [4.69, 9.17) is 9.47 Å². The first-order valence-corrected chi connectivity index (χ1v) is 13.6. The minimum atomic E-state index is -1.11. The summed E-state index contributed by atoms with van der Waals surface area (Å²) < 4.78 is 12.1. The Labute approximate surface area is 219 Å². The van der Waals surface area contributed by atoms with Crippen molar-refractivity contribution >= 4 is 23.4 Å². The molecular weight excluding hydrogens is 474 g/mol. The van der Waals surface area contributed by atoms with Crippen LogP contribution < -0.4 is 15.4 Å². The second-order valence-electron chi connectivity index (χ2n) is 10.9. The molecule has 9 heteroatoms. The lowest BCUT2D eigenvalue weighted by atomic mass is 9.66. The van der Waals surface area contributed by atoms with E-state index in [9.17, 15) is 19.5 Å². The number of aliphatic hydroxyl groups is 1. The Morgan fingerprint density at radius 2 is 1.89 bits per heavy atom. The van der Waals surface area contributed by atoms with Crippen molar-refractivity contribution in [3.05, 3.63) is 24.3 Å². The van der Waals surface area contributed by atoms with Gasteiger partial charge in [0.15, 0.2) is 0 Å². The molecule has 3 saturated heterocycles. The summed E-state index contributed by atoms with van der Waals surface area (Å²) in [5.41, 5.74) is -1.37. The monoisotopic (exact) mass is 515 g/mol. The van der Waals surface area contributed by atoms with Gasteiger partial charge in [-0.15, -0.1) is 0 Å². The van der Waals surface area contributed by atoms with Crippen LogP contribution in [0.15, 0.2) is 24.3 Å². The number of hydrogen-bond donors (Lipinski definition) is 3. The largest absolute Gasteiger partial charge is 0.494 e. The van der Waals surface area contributed by atoms with Gasteiger partial charge >= 0.3 is 0 Å². The summed E-state index contributed by atoms with van der Waals surface area (Å²) in [6.45, 7) is 9.94. The summed E-state index contributed by atoms with van der Waals surface area (Å²) in [6.07, 6.45) is 3.28. The molecule has 1 aromatic rings. The molecule has 0 aliphatic carbocycles. The molecule has 3 fully saturated rings. The Balaban J connectivity index is 1.67. The number of ether oxygens (including phenoxy) is 2. The number of hydrogen-bond acceptors (Lipinski definition) is 6. The Hall–Kier alpha value is -2.65. The van der Waals surface area contributed by atoms with E-state index in [1.54, 1.807) is 24.3 Å². The highest BCUT2D eigenvalue weighted by Gasteiger charge is 2.78. The number of rotatable bonds is 11. The van der Waals surface area contributed by atoms with E-state index in [2.05, 4.69) is 17.6 Å². The third-order valence-corrected chi connectivity index (χ3v) is 8.36. The molecule has 204 valence electrons. The number of carbonyl (C=O) groups excluding carboxylic acids is 3. The van der Waals surface area contributed by atoms with Crippen LogP contribution >= 0.6 is 0 Å². The molecule has 37 heavy (non-hydrogen) atoms. The van der Waals surface area contributed by atoms with Crippen LogP contribution in [-0.2, 0) is 19.1 Å². The highest BCUT2D eigenvalue weighted by atomic mass is 16.5. The Bertz CT molecular complexity index is 1010. The number of likely N-dealkylation sites (tertiary alicyclic amines) is 1. The standard InChI is InChI=1S/C28H41N3O6/c1-6-9-17(4)29-25(34)23-28-15-14-27(5,37-28)21(22(28)26(35)31(23)19(7-2)16-32)24(33)30-18-10-12-20(13-11-18)36-8-3/h10-13,17,19,21-23,32H,6-9,14-16H2,1-5H3,(H,29,34)(H,30,33)/t17?,19-,21-,22-,23?,27+,28?/m0/s1. The molecule has 4 rings (SSSR count). The smallest absolute Gasteiger partial charge is 0.246 e. The second-order valence-corrected chi connectivity index (χ2v) is 10.9. The summed E-state index contributed by atoms with van der Waals surface area (Å²) in [4.78, 5) is 43.0. The van der Waals surface area contributed by atoms with Gasteiger partial charge < -0.3 is 30.1 Å². The first-order valence-electron chi connectivity index (χ1n) is 13.6. The number of carbonyl (C=O) groups is 3. The highest BCUT2D eigenvalue weighted by molar-refractivity contribution is 6.02. The maximum Gasteiger partial charge on any atom is 0.246 e. The van der Waals surface area contributed by atoms with Crippen LogP contribution in [-0.4, -0.2) is 70.3 Å². The van der Waals surface area contributed by atoms with E-state index in [1.165, 1.54) is 4.90 Å². The lowest BCUT2D eigenvalue weighted by Gasteiger charge is -2.37. The molecule has 3 aliphatic rings. The van der Waals surface area contributed by atoms with E-state index < -0.39 is 35.1 Å². The van der Waals surface area contributed by atoms with E-state index in [0.717, 1.165) is 12.8 Å². The first kappa shape index (κ1) is 27.4. The maximum atomic E-state index is 14.0. The normalized spacial score (nSPS) is 31.7. The van der Waals surface area contributed by atoms with Gasteiger partial charge in [-0.25, -0.2) is 0 Å². The summed E-state index contributed by atoms with van der Waals surface area (Å²) in [7, 11) is 0. The fourth-order valence-corrected chi connectivity index (χ4v) is 6.72. The van der Waals surface area contributed by atoms with E-state index in [-0.39, 0.29) is 30.4 Å². The molecule has 0 saturated carbocycles. The number of anilines is 1. The van der Waals surface area contributed by atoms with Crippen LogP contribution in [0, 0.1) is 11.8 Å². The number of amides is 3. The molecule has 3 heterocycles. The molecule has 0 radical (unpaired) electrons. The van der Waals surface area contributed by atoms with Crippen molar-refractivity contribution in [3.63, 3.8) is 0 Å². The molecule has 1 aromatic carbocycles. The molecule has 3 amide bonds. The van der Waals surface area contributed by atoms with Crippen LogP contribution in [0.2, 0.25) is 0 Å². The molecule has 3 unspecified atom stereocenters. The summed E-state index contributed by atoms with van der Waals surface area (Å²) >= 11 is 0. The van der Waals surface area contributed by atoms with E-state index >= 15 is 0 Å². The van der Waals surface area contributed by atoms with Crippen LogP contribution in [0.4, 0.5) is 5.69 Å². The van der Waals surface area contributed by atoms with Crippen molar-refractivity contribution in [2.75, 3.05) is 18.5 Å². The third-order valence-electron chi connectivity index (χ3n) is 8.36. The van der Waals surface area contributed by atoms with Crippen LogP contribution in [0.3, 0.4) is 0 Å². The zero-order valence-electron chi connectivity index (χ0n) is 22.6. The van der Waals surface area contributed by atoms with E-state index in [0.29, 0.717) is 37.3 Å². The zero-order chi connectivity index (χ0) is 27.0.